The van der Waals surface area contributed by atoms with E-state index in [4.69, 9.17) is 16.3 Å². The highest BCUT2D eigenvalue weighted by atomic mass is 35.5. The lowest BCUT2D eigenvalue weighted by molar-refractivity contribution is 0.414. The van der Waals surface area contributed by atoms with Crippen molar-refractivity contribution in [1.29, 1.82) is 0 Å². The molecule has 1 aromatic rings. The Morgan fingerprint density at radius 1 is 1.47 bits per heavy atom. The molecule has 1 atom stereocenters. The lowest BCUT2D eigenvalue weighted by Gasteiger charge is -2.23. The summed E-state index contributed by atoms with van der Waals surface area (Å²) in [4.78, 5) is 0. The summed E-state index contributed by atoms with van der Waals surface area (Å²) in [6.07, 6.45) is 1.65. The Balaban J connectivity index is 1.93. The van der Waals surface area contributed by atoms with E-state index in [1.165, 1.54) is 0 Å². The molecular formula is C13H18ClNO3S. The molecule has 0 aliphatic carbocycles. The lowest BCUT2D eigenvalue weighted by atomic mass is 10.1. The maximum absolute atomic E-state index is 11.5. The first-order valence-corrected chi connectivity index (χ1v) is 8.46. The van der Waals surface area contributed by atoms with E-state index in [9.17, 15) is 8.42 Å². The van der Waals surface area contributed by atoms with Crippen LogP contribution in [0, 0.1) is 0 Å². The Morgan fingerprint density at radius 2 is 2.26 bits per heavy atom. The first-order valence-electron chi connectivity index (χ1n) is 6.26. The van der Waals surface area contributed by atoms with Crippen LogP contribution in [0.25, 0.3) is 0 Å². The Labute approximate surface area is 119 Å². The summed E-state index contributed by atoms with van der Waals surface area (Å²) in [5.74, 6) is 1.20. The van der Waals surface area contributed by atoms with Gasteiger partial charge in [0.25, 0.3) is 0 Å². The molecule has 0 radical (unpaired) electrons. The van der Waals surface area contributed by atoms with Crippen LogP contribution < -0.4 is 10.1 Å². The number of hydrogen-bond donors (Lipinski definition) is 1. The van der Waals surface area contributed by atoms with Crippen LogP contribution in [0.1, 0.15) is 18.4 Å². The maximum Gasteiger partial charge on any atom is 0.151 e. The van der Waals surface area contributed by atoms with Crippen molar-refractivity contribution >= 4 is 21.4 Å². The molecule has 4 nitrogen and oxygen atoms in total. The van der Waals surface area contributed by atoms with Gasteiger partial charge in [-0.05, 0) is 30.5 Å². The molecule has 1 saturated heterocycles. The van der Waals surface area contributed by atoms with Crippen molar-refractivity contribution in [2.75, 3.05) is 18.6 Å². The van der Waals surface area contributed by atoms with Gasteiger partial charge in [0.1, 0.15) is 5.75 Å². The molecule has 0 spiro atoms. The number of benzene rings is 1. The van der Waals surface area contributed by atoms with E-state index in [1.54, 1.807) is 7.11 Å². The Hall–Kier alpha value is -0.780. The standard InChI is InChI=1S/C13H18ClNO3S/c1-18-13-5-4-10(7-12(13)14)8-15-11-3-2-6-19(16,17)9-11/h4-5,7,11,15H,2-3,6,8-9H2,1H3. The van der Waals surface area contributed by atoms with Crippen LogP contribution in [0.3, 0.4) is 0 Å². The van der Waals surface area contributed by atoms with E-state index < -0.39 is 9.84 Å². The average molecular weight is 304 g/mol. The van der Waals surface area contributed by atoms with E-state index in [1.807, 2.05) is 18.2 Å². The van der Waals surface area contributed by atoms with Crippen LogP contribution in [-0.2, 0) is 16.4 Å². The van der Waals surface area contributed by atoms with E-state index in [-0.39, 0.29) is 11.8 Å². The van der Waals surface area contributed by atoms with Gasteiger partial charge in [-0.1, -0.05) is 17.7 Å². The molecule has 1 fully saturated rings. The van der Waals surface area contributed by atoms with E-state index in [0.717, 1.165) is 18.4 Å². The highest BCUT2D eigenvalue weighted by Crippen LogP contribution is 2.25. The van der Waals surface area contributed by atoms with Gasteiger partial charge in [-0.2, -0.15) is 0 Å². The van der Waals surface area contributed by atoms with E-state index >= 15 is 0 Å². The van der Waals surface area contributed by atoms with Gasteiger partial charge >= 0.3 is 0 Å². The number of halogens is 1. The summed E-state index contributed by atoms with van der Waals surface area (Å²) in [6.45, 7) is 0.615. The number of methoxy groups -OCH3 is 1. The van der Waals surface area contributed by atoms with Crippen molar-refractivity contribution in [2.45, 2.75) is 25.4 Å². The third kappa shape index (κ3) is 4.09. The molecule has 2 rings (SSSR count). The van der Waals surface area contributed by atoms with Gasteiger partial charge in [0.2, 0.25) is 0 Å². The predicted octanol–water partition coefficient (Wildman–Crippen LogP) is 2.02. The molecule has 0 aromatic heterocycles. The van der Waals surface area contributed by atoms with Gasteiger partial charge < -0.3 is 10.1 Å². The summed E-state index contributed by atoms with van der Waals surface area (Å²) in [7, 11) is -1.29. The molecule has 6 heteroatoms. The van der Waals surface area contributed by atoms with Gasteiger partial charge in [-0.25, -0.2) is 8.42 Å². The highest BCUT2D eigenvalue weighted by Gasteiger charge is 2.24. The van der Waals surface area contributed by atoms with Crippen molar-refractivity contribution in [1.82, 2.24) is 5.32 Å². The molecule has 1 aliphatic heterocycles. The summed E-state index contributed by atoms with van der Waals surface area (Å²) in [6, 6.07) is 5.62. The van der Waals surface area contributed by atoms with Crippen LogP contribution in [-0.4, -0.2) is 33.1 Å². The number of ether oxygens (including phenoxy) is 1. The first-order chi connectivity index (χ1) is 9.00. The van der Waals surface area contributed by atoms with Gasteiger partial charge in [-0.15, -0.1) is 0 Å². The smallest absolute Gasteiger partial charge is 0.151 e. The Morgan fingerprint density at radius 3 is 2.89 bits per heavy atom. The number of nitrogens with one attached hydrogen (secondary N) is 1. The van der Waals surface area contributed by atoms with Crippen molar-refractivity contribution in [3.63, 3.8) is 0 Å². The molecule has 0 bridgehead atoms. The molecule has 0 saturated carbocycles. The SMILES string of the molecule is COc1ccc(CNC2CCCS(=O)(=O)C2)cc1Cl. The molecule has 19 heavy (non-hydrogen) atoms. The third-order valence-corrected chi connectivity index (χ3v) is 5.39. The Kier molecular flexibility index (Phi) is 4.71. The fraction of sp³-hybridized carbons (Fsp3) is 0.538. The topological polar surface area (TPSA) is 55.4 Å². The van der Waals surface area contributed by atoms with Crippen LogP contribution >= 0.6 is 11.6 Å². The second kappa shape index (κ2) is 6.11. The monoisotopic (exact) mass is 303 g/mol. The van der Waals surface area contributed by atoms with Gasteiger partial charge in [0.15, 0.2) is 9.84 Å². The molecular weight excluding hydrogens is 286 g/mol. The second-order valence-electron chi connectivity index (χ2n) is 4.80. The molecule has 1 heterocycles. The fourth-order valence-electron chi connectivity index (χ4n) is 2.27. The van der Waals surface area contributed by atoms with Crippen LogP contribution in [0.15, 0.2) is 18.2 Å². The zero-order valence-corrected chi connectivity index (χ0v) is 12.4. The quantitative estimate of drug-likeness (QED) is 0.924. The fourth-order valence-corrected chi connectivity index (χ4v) is 4.22. The highest BCUT2D eigenvalue weighted by molar-refractivity contribution is 7.91. The minimum atomic E-state index is -2.86. The van der Waals surface area contributed by atoms with E-state index in [0.29, 0.717) is 23.1 Å². The molecule has 1 unspecified atom stereocenters. The summed E-state index contributed by atoms with van der Waals surface area (Å²) < 4.78 is 28.2. The van der Waals surface area contributed by atoms with Crippen molar-refractivity contribution in [3.05, 3.63) is 28.8 Å². The minimum Gasteiger partial charge on any atom is -0.495 e. The van der Waals surface area contributed by atoms with Gasteiger partial charge in [0.05, 0.1) is 23.6 Å². The third-order valence-electron chi connectivity index (χ3n) is 3.27. The minimum absolute atomic E-state index is 0.0413. The first kappa shape index (κ1) is 14.6. The van der Waals surface area contributed by atoms with Crippen molar-refractivity contribution < 1.29 is 13.2 Å². The lowest BCUT2D eigenvalue weighted by Crippen LogP contribution is -2.39. The molecule has 1 N–H and O–H groups in total. The molecule has 1 aromatic carbocycles. The van der Waals surface area contributed by atoms with Crippen LogP contribution in [0.2, 0.25) is 5.02 Å². The zero-order valence-electron chi connectivity index (χ0n) is 10.9. The van der Waals surface area contributed by atoms with E-state index in [2.05, 4.69) is 5.32 Å². The van der Waals surface area contributed by atoms with Crippen LogP contribution in [0.5, 0.6) is 5.75 Å². The molecule has 1 aliphatic rings. The Bertz CT molecular complexity index is 545. The maximum atomic E-state index is 11.5. The van der Waals surface area contributed by atoms with Gasteiger partial charge in [-0.3, -0.25) is 0 Å². The molecule has 0 amide bonds. The zero-order chi connectivity index (χ0) is 13.9. The summed E-state index contributed by atoms with van der Waals surface area (Å²) in [5, 5.41) is 3.85. The summed E-state index contributed by atoms with van der Waals surface area (Å²) >= 11 is 6.05. The van der Waals surface area contributed by atoms with Crippen molar-refractivity contribution in [2.24, 2.45) is 0 Å². The predicted molar refractivity (Wildman–Crippen MR) is 76.5 cm³/mol. The van der Waals surface area contributed by atoms with Crippen molar-refractivity contribution in [3.8, 4) is 5.75 Å². The number of rotatable bonds is 4. The normalized spacial score (nSPS) is 22.1. The second-order valence-corrected chi connectivity index (χ2v) is 7.44. The summed E-state index contributed by atoms with van der Waals surface area (Å²) in [5.41, 5.74) is 1.02. The molecule has 106 valence electrons. The number of hydrogen-bond acceptors (Lipinski definition) is 4. The van der Waals surface area contributed by atoms with Gasteiger partial charge in [0, 0.05) is 12.6 Å². The largest absolute Gasteiger partial charge is 0.495 e. The average Bonchev–Trinajstić information content (AvgIpc) is 2.35. The van der Waals surface area contributed by atoms with Crippen LogP contribution in [0.4, 0.5) is 0 Å². The number of sulfone groups is 1.